The van der Waals surface area contributed by atoms with Crippen LogP contribution in [0.1, 0.15) is 99.3 Å². The van der Waals surface area contributed by atoms with Crippen LogP contribution in [-0.2, 0) is 0 Å². The predicted octanol–water partition coefficient (Wildman–Crippen LogP) is 5.92. The van der Waals surface area contributed by atoms with Crippen molar-refractivity contribution in [1.29, 1.82) is 0 Å². The minimum atomic E-state index is 0.245. The van der Waals surface area contributed by atoms with Crippen LogP contribution < -0.4 is 0 Å². The van der Waals surface area contributed by atoms with Gasteiger partial charge in [0.25, 0.3) is 0 Å². The second kappa shape index (κ2) is 13.4. The van der Waals surface area contributed by atoms with Crippen LogP contribution >= 0.6 is 0 Å². The van der Waals surface area contributed by atoms with Crippen LogP contribution in [0.3, 0.4) is 0 Å². The van der Waals surface area contributed by atoms with Gasteiger partial charge in [0.15, 0.2) is 0 Å². The van der Waals surface area contributed by atoms with Gasteiger partial charge in [-0.1, -0.05) is 86.0 Å². The standard InChI is InChI=1S/C20H44N2/c1-7-12-13-14-15-16-17-18-19-20(6,21(8-2)9-3)22(10-4)11-5/h7-19H2,1-6H3. The van der Waals surface area contributed by atoms with Gasteiger partial charge < -0.3 is 0 Å². The summed E-state index contributed by atoms with van der Waals surface area (Å²) in [5.74, 6) is 0. The first-order chi connectivity index (χ1) is 10.6. The lowest BCUT2D eigenvalue weighted by Gasteiger charge is -2.48. The smallest absolute Gasteiger partial charge is 0.0708 e. The highest BCUT2D eigenvalue weighted by molar-refractivity contribution is 4.85. The summed E-state index contributed by atoms with van der Waals surface area (Å²) >= 11 is 0. The molecule has 2 heteroatoms. The highest BCUT2D eigenvalue weighted by Crippen LogP contribution is 2.27. The van der Waals surface area contributed by atoms with Gasteiger partial charge in [-0.05, 0) is 39.5 Å². The highest BCUT2D eigenvalue weighted by atomic mass is 15.4. The molecule has 0 rings (SSSR count). The molecule has 0 saturated heterocycles. The van der Waals surface area contributed by atoms with E-state index in [1.807, 2.05) is 0 Å². The molecule has 0 aromatic carbocycles. The van der Waals surface area contributed by atoms with Crippen molar-refractivity contribution in [1.82, 2.24) is 9.80 Å². The minimum absolute atomic E-state index is 0.245. The molecule has 0 fully saturated rings. The van der Waals surface area contributed by atoms with Gasteiger partial charge in [0.05, 0.1) is 5.66 Å². The maximum Gasteiger partial charge on any atom is 0.0708 e. The van der Waals surface area contributed by atoms with Crippen LogP contribution in [0.5, 0.6) is 0 Å². The average molecular weight is 313 g/mol. The molecule has 0 spiro atoms. The third kappa shape index (κ3) is 7.46. The van der Waals surface area contributed by atoms with E-state index in [2.05, 4.69) is 51.3 Å². The first-order valence-corrected chi connectivity index (χ1v) is 10.1. The van der Waals surface area contributed by atoms with Crippen molar-refractivity contribution in [2.24, 2.45) is 0 Å². The lowest BCUT2D eigenvalue weighted by atomic mass is 9.97. The monoisotopic (exact) mass is 312 g/mol. The Kier molecular flexibility index (Phi) is 13.3. The van der Waals surface area contributed by atoms with Crippen LogP contribution in [0.25, 0.3) is 0 Å². The van der Waals surface area contributed by atoms with Crippen molar-refractivity contribution in [3.05, 3.63) is 0 Å². The highest BCUT2D eigenvalue weighted by Gasteiger charge is 2.34. The Balaban J connectivity index is 4.25. The van der Waals surface area contributed by atoms with E-state index in [-0.39, 0.29) is 5.66 Å². The SMILES string of the molecule is CCCCCCCCCCC(C)(N(CC)CC)N(CC)CC. The largest absolute Gasteiger partial charge is 0.286 e. The molecule has 0 aliphatic heterocycles. The summed E-state index contributed by atoms with van der Waals surface area (Å²) in [7, 11) is 0. The zero-order chi connectivity index (χ0) is 16.8. The Morgan fingerprint density at radius 2 is 0.909 bits per heavy atom. The summed E-state index contributed by atoms with van der Waals surface area (Å²) < 4.78 is 0. The number of nitrogens with zero attached hydrogens (tertiary/aromatic N) is 2. The Labute approximate surface area is 141 Å². The van der Waals surface area contributed by atoms with Gasteiger partial charge in [0.2, 0.25) is 0 Å². The maximum atomic E-state index is 2.65. The van der Waals surface area contributed by atoms with Crippen LogP contribution in [0.15, 0.2) is 0 Å². The lowest BCUT2D eigenvalue weighted by Crippen LogP contribution is -2.58. The van der Waals surface area contributed by atoms with Crippen LogP contribution in [0.4, 0.5) is 0 Å². The summed E-state index contributed by atoms with van der Waals surface area (Å²) in [6, 6.07) is 0. The number of rotatable bonds is 15. The Morgan fingerprint density at radius 3 is 1.27 bits per heavy atom. The normalized spacial score (nSPS) is 12.5. The van der Waals surface area contributed by atoms with E-state index in [9.17, 15) is 0 Å². The second-order valence-corrected chi connectivity index (χ2v) is 6.79. The molecular weight excluding hydrogens is 268 g/mol. The van der Waals surface area contributed by atoms with E-state index in [0.29, 0.717) is 0 Å². The van der Waals surface area contributed by atoms with E-state index in [4.69, 9.17) is 0 Å². The van der Waals surface area contributed by atoms with E-state index in [1.54, 1.807) is 0 Å². The first kappa shape index (κ1) is 21.9. The van der Waals surface area contributed by atoms with Gasteiger partial charge in [-0.25, -0.2) is 0 Å². The van der Waals surface area contributed by atoms with E-state index >= 15 is 0 Å². The Bertz CT molecular complexity index is 220. The zero-order valence-corrected chi connectivity index (χ0v) is 16.6. The molecule has 0 aliphatic rings. The molecule has 2 nitrogen and oxygen atoms in total. The van der Waals surface area contributed by atoms with Crippen molar-refractivity contribution in [2.45, 2.75) is 105 Å². The van der Waals surface area contributed by atoms with Crippen LogP contribution in [0, 0.1) is 0 Å². The van der Waals surface area contributed by atoms with Crippen molar-refractivity contribution < 1.29 is 0 Å². The summed E-state index contributed by atoms with van der Waals surface area (Å²) in [5.41, 5.74) is 0.245. The molecule has 0 atom stereocenters. The van der Waals surface area contributed by atoms with Crippen molar-refractivity contribution in [2.75, 3.05) is 26.2 Å². The fourth-order valence-corrected chi connectivity index (χ4v) is 3.92. The summed E-state index contributed by atoms with van der Waals surface area (Å²) in [6.07, 6.45) is 12.6. The zero-order valence-electron chi connectivity index (χ0n) is 16.6. The topological polar surface area (TPSA) is 6.48 Å². The quantitative estimate of drug-likeness (QED) is 0.274. The number of hydrogen-bond donors (Lipinski definition) is 0. The van der Waals surface area contributed by atoms with Gasteiger partial charge in [-0.15, -0.1) is 0 Å². The molecular formula is C20H44N2. The molecule has 22 heavy (non-hydrogen) atoms. The molecule has 0 radical (unpaired) electrons. The van der Waals surface area contributed by atoms with Crippen molar-refractivity contribution in [3.63, 3.8) is 0 Å². The molecule has 0 unspecified atom stereocenters. The average Bonchev–Trinajstić information content (AvgIpc) is 2.52. The first-order valence-electron chi connectivity index (χ1n) is 10.1. The van der Waals surface area contributed by atoms with E-state index in [0.717, 1.165) is 26.2 Å². The maximum absolute atomic E-state index is 2.65. The third-order valence-electron chi connectivity index (χ3n) is 5.39. The van der Waals surface area contributed by atoms with E-state index in [1.165, 1.54) is 57.8 Å². The summed E-state index contributed by atoms with van der Waals surface area (Å²) in [4.78, 5) is 5.31. The molecule has 0 aromatic heterocycles. The lowest BCUT2D eigenvalue weighted by molar-refractivity contribution is -0.0438. The Morgan fingerprint density at radius 1 is 0.545 bits per heavy atom. The number of hydrogen-bond acceptors (Lipinski definition) is 2. The molecule has 0 aromatic rings. The Hall–Kier alpha value is -0.0800. The van der Waals surface area contributed by atoms with Crippen molar-refractivity contribution >= 4 is 0 Å². The summed E-state index contributed by atoms with van der Waals surface area (Å²) in [5, 5.41) is 0. The fourth-order valence-electron chi connectivity index (χ4n) is 3.92. The third-order valence-corrected chi connectivity index (χ3v) is 5.39. The van der Waals surface area contributed by atoms with Gasteiger partial charge in [-0.2, -0.15) is 0 Å². The van der Waals surface area contributed by atoms with Gasteiger partial charge in [-0.3, -0.25) is 9.80 Å². The summed E-state index contributed by atoms with van der Waals surface area (Å²) in [6.45, 7) is 18.6. The minimum Gasteiger partial charge on any atom is -0.286 e. The molecule has 0 amide bonds. The molecule has 0 N–H and O–H groups in total. The van der Waals surface area contributed by atoms with Crippen LogP contribution in [0.2, 0.25) is 0 Å². The second-order valence-electron chi connectivity index (χ2n) is 6.79. The van der Waals surface area contributed by atoms with Crippen molar-refractivity contribution in [3.8, 4) is 0 Å². The molecule has 0 heterocycles. The predicted molar refractivity (Wildman–Crippen MR) is 101 cm³/mol. The van der Waals surface area contributed by atoms with Gasteiger partial charge in [0, 0.05) is 0 Å². The van der Waals surface area contributed by atoms with Gasteiger partial charge >= 0.3 is 0 Å². The molecule has 0 saturated carbocycles. The van der Waals surface area contributed by atoms with E-state index < -0.39 is 0 Å². The molecule has 134 valence electrons. The molecule has 0 aliphatic carbocycles. The molecule has 0 bridgehead atoms. The van der Waals surface area contributed by atoms with Gasteiger partial charge in [0.1, 0.15) is 0 Å². The van der Waals surface area contributed by atoms with Crippen LogP contribution in [-0.4, -0.2) is 41.6 Å². The fraction of sp³-hybridized carbons (Fsp3) is 1.00. The number of unbranched alkanes of at least 4 members (excludes halogenated alkanes) is 7.